The lowest BCUT2D eigenvalue weighted by atomic mass is 10.2. The zero-order valence-electron chi connectivity index (χ0n) is 13.4. The van der Waals surface area contributed by atoms with Crippen LogP contribution < -0.4 is 5.32 Å². The first kappa shape index (κ1) is 19.8. The van der Waals surface area contributed by atoms with Gasteiger partial charge in [0.1, 0.15) is 6.04 Å². The summed E-state index contributed by atoms with van der Waals surface area (Å²) in [4.78, 5) is 34.7. The standard InChI is InChI=1S/C16H21NO6S/c1-2-23-15(19)9-8-14(18)17-13(16(20)21)10-11-24(22)12-6-4-3-5-7-12/h3-7,13H,2,8-11H2,1H3,(H,17,18)(H,20,21)/t13-,24-/m0/s1. The lowest BCUT2D eigenvalue weighted by Gasteiger charge is -2.14. The van der Waals surface area contributed by atoms with Crippen molar-refractivity contribution in [1.82, 2.24) is 5.32 Å². The lowest BCUT2D eigenvalue weighted by Crippen LogP contribution is -2.41. The van der Waals surface area contributed by atoms with E-state index in [0.29, 0.717) is 4.90 Å². The number of carbonyl (C=O) groups is 3. The highest BCUT2D eigenvalue weighted by molar-refractivity contribution is 7.85. The van der Waals surface area contributed by atoms with Gasteiger partial charge in [0.25, 0.3) is 0 Å². The van der Waals surface area contributed by atoms with Crippen molar-refractivity contribution in [3.8, 4) is 0 Å². The molecule has 0 spiro atoms. The van der Waals surface area contributed by atoms with Crippen molar-refractivity contribution in [2.45, 2.75) is 37.1 Å². The van der Waals surface area contributed by atoms with Gasteiger partial charge in [0.2, 0.25) is 5.91 Å². The van der Waals surface area contributed by atoms with Gasteiger partial charge >= 0.3 is 11.9 Å². The topological polar surface area (TPSA) is 110 Å². The molecular formula is C16H21NO6S. The third-order valence-electron chi connectivity index (χ3n) is 3.09. The summed E-state index contributed by atoms with van der Waals surface area (Å²) in [6, 6.07) is 7.54. The molecule has 0 bridgehead atoms. The summed E-state index contributed by atoms with van der Waals surface area (Å²) in [5, 5.41) is 11.5. The second kappa shape index (κ2) is 10.5. The quantitative estimate of drug-likeness (QED) is 0.608. The molecule has 0 aliphatic rings. The van der Waals surface area contributed by atoms with Crippen molar-refractivity contribution in [2.75, 3.05) is 12.4 Å². The van der Waals surface area contributed by atoms with Gasteiger partial charge in [0.05, 0.1) is 23.8 Å². The fourth-order valence-corrected chi connectivity index (χ4v) is 3.03. The van der Waals surface area contributed by atoms with Gasteiger partial charge in [0.15, 0.2) is 0 Å². The van der Waals surface area contributed by atoms with E-state index < -0.39 is 34.7 Å². The second-order valence-electron chi connectivity index (χ2n) is 4.91. The minimum absolute atomic E-state index is 0.0297. The largest absolute Gasteiger partial charge is 0.480 e. The maximum Gasteiger partial charge on any atom is 0.326 e. The van der Waals surface area contributed by atoms with E-state index in [1.165, 1.54) is 0 Å². The van der Waals surface area contributed by atoms with E-state index in [-0.39, 0.29) is 31.6 Å². The highest BCUT2D eigenvalue weighted by atomic mass is 32.2. The van der Waals surface area contributed by atoms with E-state index >= 15 is 0 Å². The number of benzene rings is 1. The van der Waals surface area contributed by atoms with Gasteiger partial charge in [0, 0.05) is 17.1 Å². The molecule has 24 heavy (non-hydrogen) atoms. The second-order valence-corrected chi connectivity index (χ2v) is 6.49. The Morgan fingerprint density at radius 1 is 1.21 bits per heavy atom. The monoisotopic (exact) mass is 355 g/mol. The van der Waals surface area contributed by atoms with Crippen LogP contribution in [0, 0.1) is 0 Å². The molecule has 0 heterocycles. The Morgan fingerprint density at radius 2 is 1.88 bits per heavy atom. The maximum atomic E-state index is 12.1. The normalized spacial score (nSPS) is 12.9. The number of ether oxygens (including phenoxy) is 1. The number of amides is 1. The molecule has 0 fully saturated rings. The van der Waals surface area contributed by atoms with Crippen LogP contribution in [0.3, 0.4) is 0 Å². The van der Waals surface area contributed by atoms with E-state index in [0.717, 1.165) is 0 Å². The van der Waals surface area contributed by atoms with Gasteiger partial charge in [-0.3, -0.25) is 13.8 Å². The number of carboxylic acids is 1. The Hall–Kier alpha value is -2.22. The van der Waals surface area contributed by atoms with Crippen LogP contribution in [0.4, 0.5) is 0 Å². The fourth-order valence-electron chi connectivity index (χ4n) is 1.89. The summed E-state index contributed by atoms with van der Waals surface area (Å²) in [5.74, 6) is -2.16. The van der Waals surface area contributed by atoms with Crippen molar-refractivity contribution in [3.05, 3.63) is 30.3 Å². The Balaban J connectivity index is 2.46. The van der Waals surface area contributed by atoms with E-state index in [9.17, 15) is 18.6 Å². The van der Waals surface area contributed by atoms with E-state index in [2.05, 4.69) is 5.32 Å². The molecule has 2 atom stereocenters. The lowest BCUT2D eigenvalue weighted by molar-refractivity contribution is -0.144. The summed E-state index contributed by atoms with van der Waals surface area (Å²) in [6.45, 7) is 1.88. The number of aliphatic carboxylic acids is 1. The molecule has 7 nitrogen and oxygen atoms in total. The molecule has 0 aromatic heterocycles. The Bertz CT molecular complexity index is 589. The molecule has 0 aliphatic heterocycles. The van der Waals surface area contributed by atoms with E-state index in [1.54, 1.807) is 37.3 Å². The average molecular weight is 355 g/mol. The predicted molar refractivity (Wildman–Crippen MR) is 87.8 cm³/mol. The summed E-state index contributed by atoms with van der Waals surface area (Å²) < 4.78 is 16.8. The van der Waals surface area contributed by atoms with Crippen LogP contribution in [0.25, 0.3) is 0 Å². The Morgan fingerprint density at radius 3 is 2.46 bits per heavy atom. The number of rotatable bonds is 10. The summed E-state index contributed by atoms with van der Waals surface area (Å²) in [6.07, 6.45) is -0.228. The van der Waals surface area contributed by atoms with Crippen LogP contribution in [-0.4, -0.2) is 45.6 Å². The predicted octanol–water partition coefficient (Wildman–Crippen LogP) is 1.10. The smallest absolute Gasteiger partial charge is 0.326 e. The minimum Gasteiger partial charge on any atom is -0.480 e. The summed E-state index contributed by atoms with van der Waals surface area (Å²) in [7, 11) is -1.34. The number of hydrogen-bond acceptors (Lipinski definition) is 5. The van der Waals surface area contributed by atoms with Crippen molar-refractivity contribution in [2.24, 2.45) is 0 Å². The van der Waals surface area contributed by atoms with Crippen molar-refractivity contribution in [3.63, 3.8) is 0 Å². The zero-order valence-corrected chi connectivity index (χ0v) is 14.2. The highest BCUT2D eigenvalue weighted by Gasteiger charge is 2.21. The number of carbonyl (C=O) groups excluding carboxylic acids is 2. The summed E-state index contributed by atoms with van der Waals surface area (Å²) >= 11 is 0. The van der Waals surface area contributed by atoms with Crippen LogP contribution in [-0.2, 0) is 29.9 Å². The third-order valence-corrected chi connectivity index (χ3v) is 4.50. The highest BCUT2D eigenvalue weighted by Crippen LogP contribution is 2.08. The summed E-state index contributed by atoms with van der Waals surface area (Å²) in [5.41, 5.74) is 0. The van der Waals surface area contributed by atoms with Gasteiger partial charge in [-0.2, -0.15) is 0 Å². The molecule has 0 radical (unpaired) electrons. The van der Waals surface area contributed by atoms with Gasteiger partial charge in [-0.05, 0) is 25.5 Å². The number of nitrogens with one attached hydrogen (secondary N) is 1. The molecule has 0 saturated carbocycles. The van der Waals surface area contributed by atoms with E-state index in [1.807, 2.05) is 0 Å². The molecular weight excluding hydrogens is 334 g/mol. The number of hydrogen-bond donors (Lipinski definition) is 2. The van der Waals surface area contributed by atoms with Crippen LogP contribution >= 0.6 is 0 Å². The molecule has 1 aromatic carbocycles. The van der Waals surface area contributed by atoms with Crippen LogP contribution in [0.15, 0.2) is 35.2 Å². The van der Waals surface area contributed by atoms with Crippen molar-refractivity contribution in [1.29, 1.82) is 0 Å². The molecule has 2 N–H and O–H groups in total. The van der Waals surface area contributed by atoms with Crippen molar-refractivity contribution >= 4 is 28.6 Å². The molecule has 8 heteroatoms. The van der Waals surface area contributed by atoms with Crippen LogP contribution in [0.5, 0.6) is 0 Å². The average Bonchev–Trinajstić information content (AvgIpc) is 2.57. The molecule has 1 rings (SSSR count). The number of carboxylic acid groups (broad SMARTS) is 1. The van der Waals surface area contributed by atoms with Gasteiger partial charge in [-0.1, -0.05) is 18.2 Å². The van der Waals surface area contributed by atoms with Gasteiger partial charge < -0.3 is 15.2 Å². The molecule has 0 unspecified atom stereocenters. The molecule has 1 amide bonds. The van der Waals surface area contributed by atoms with E-state index in [4.69, 9.17) is 9.84 Å². The SMILES string of the molecule is CCOC(=O)CCC(=O)N[C@@H](CC[S@](=O)c1ccccc1)C(=O)O. The first-order chi connectivity index (χ1) is 11.4. The minimum atomic E-state index is -1.34. The first-order valence-electron chi connectivity index (χ1n) is 7.55. The molecule has 1 aromatic rings. The fraction of sp³-hybridized carbons (Fsp3) is 0.438. The maximum absolute atomic E-state index is 12.1. The third kappa shape index (κ3) is 7.36. The van der Waals surface area contributed by atoms with Gasteiger partial charge in [-0.15, -0.1) is 0 Å². The molecule has 0 saturated heterocycles. The molecule has 0 aliphatic carbocycles. The van der Waals surface area contributed by atoms with Crippen LogP contribution in [0.2, 0.25) is 0 Å². The van der Waals surface area contributed by atoms with Gasteiger partial charge in [-0.25, -0.2) is 4.79 Å². The molecule has 132 valence electrons. The zero-order chi connectivity index (χ0) is 17.9. The first-order valence-corrected chi connectivity index (χ1v) is 8.87. The van der Waals surface area contributed by atoms with Crippen LogP contribution in [0.1, 0.15) is 26.2 Å². The number of esters is 1. The van der Waals surface area contributed by atoms with Crippen molar-refractivity contribution < 1.29 is 28.4 Å². The Kier molecular flexibility index (Phi) is 8.70. The Labute approximate surface area is 142 Å².